The van der Waals surface area contributed by atoms with Crippen LogP contribution in [0.5, 0.6) is 0 Å². The van der Waals surface area contributed by atoms with E-state index in [1.54, 1.807) is 0 Å². The van der Waals surface area contributed by atoms with Crippen LogP contribution in [0.1, 0.15) is 49.8 Å². The molecule has 0 heterocycles. The first-order chi connectivity index (χ1) is 10.2. The molecule has 1 aromatic carbocycles. The lowest BCUT2D eigenvalue weighted by molar-refractivity contribution is -0.143. The quantitative estimate of drug-likeness (QED) is 0.784. The molecule has 0 saturated heterocycles. The summed E-state index contributed by atoms with van der Waals surface area (Å²) in [6.07, 6.45) is 6.37. The number of benzene rings is 1. The Bertz CT molecular complexity index is 470. The topological polar surface area (TPSA) is 38.3 Å². The van der Waals surface area contributed by atoms with Gasteiger partial charge in [0.2, 0.25) is 0 Å². The minimum absolute atomic E-state index is 0.110. The van der Waals surface area contributed by atoms with Crippen molar-refractivity contribution in [2.24, 2.45) is 0 Å². The standard InChI is InChI=1S/C18H27NO2/c1-3-19-17(13-18(20)21-4-2)12-14-9-10-15-7-5-6-8-16(15)11-14/h9-11,17,19H,3-8,12-13H2,1-2H3. The van der Waals surface area contributed by atoms with Crippen LogP contribution in [0.25, 0.3) is 0 Å². The highest BCUT2D eigenvalue weighted by atomic mass is 16.5. The molecule has 0 aromatic heterocycles. The Morgan fingerprint density at radius 1 is 1.24 bits per heavy atom. The Morgan fingerprint density at radius 2 is 2.00 bits per heavy atom. The zero-order chi connectivity index (χ0) is 15.1. The molecule has 0 radical (unpaired) electrons. The minimum Gasteiger partial charge on any atom is -0.466 e. The van der Waals surface area contributed by atoms with Crippen LogP contribution in [0.15, 0.2) is 18.2 Å². The van der Waals surface area contributed by atoms with E-state index in [0.717, 1.165) is 13.0 Å². The summed E-state index contributed by atoms with van der Waals surface area (Å²) in [5.74, 6) is -0.110. The minimum atomic E-state index is -0.110. The molecule has 1 atom stereocenters. The smallest absolute Gasteiger partial charge is 0.307 e. The summed E-state index contributed by atoms with van der Waals surface area (Å²) in [5.41, 5.74) is 4.34. The predicted molar refractivity (Wildman–Crippen MR) is 85.5 cm³/mol. The van der Waals surface area contributed by atoms with Crippen LogP contribution in [0.4, 0.5) is 0 Å². The molecule has 21 heavy (non-hydrogen) atoms. The van der Waals surface area contributed by atoms with Gasteiger partial charge in [-0.05, 0) is 62.3 Å². The third-order valence-corrected chi connectivity index (χ3v) is 4.11. The molecule has 0 aliphatic heterocycles. The van der Waals surface area contributed by atoms with Crippen molar-refractivity contribution in [1.82, 2.24) is 5.32 Å². The van der Waals surface area contributed by atoms with Gasteiger partial charge in [-0.2, -0.15) is 0 Å². The number of hydrogen-bond donors (Lipinski definition) is 1. The lowest BCUT2D eigenvalue weighted by atomic mass is 9.89. The summed E-state index contributed by atoms with van der Waals surface area (Å²) in [5, 5.41) is 3.40. The number of fused-ring (bicyclic) bond motifs is 1. The number of carbonyl (C=O) groups is 1. The van der Waals surface area contributed by atoms with E-state index < -0.39 is 0 Å². The second-order valence-corrected chi connectivity index (χ2v) is 5.78. The Labute approximate surface area is 128 Å². The molecule has 2 rings (SSSR count). The van der Waals surface area contributed by atoms with Gasteiger partial charge in [-0.3, -0.25) is 4.79 Å². The lowest BCUT2D eigenvalue weighted by Gasteiger charge is -2.20. The maximum absolute atomic E-state index is 11.7. The lowest BCUT2D eigenvalue weighted by Crippen LogP contribution is -2.33. The van der Waals surface area contributed by atoms with Crippen LogP contribution in [0, 0.1) is 0 Å². The molecule has 0 spiro atoms. The number of nitrogens with one attached hydrogen (secondary N) is 1. The molecule has 1 aliphatic carbocycles. The third-order valence-electron chi connectivity index (χ3n) is 4.11. The van der Waals surface area contributed by atoms with Crippen molar-refractivity contribution in [2.75, 3.05) is 13.2 Å². The van der Waals surface area contributed by atoms with Crippen molar-refractivity contribution in [2.45, 2.75) is 58.4 Å². The van der Waals surface area contributed by atoms with Gasteiger partial charge in [-0.15, -0.1) is 0 Å². The van der Waals surface area contributed by atoms with Gasteiger partial charge < -0.3 is 10.1 Å². The Kier molecular flexibility index (Phi) is 6.24. The van der Waals surface area contributed by atoms with Crippen molar-refractivity contribution in [3.63, 3.8) is 0 Å². The Morgan fingerprint density at radius 3 is 2.71 bits per heavy atom. The van der Waals surface area contributed by atoms with Gasteiger partial charge in [0.05, 0.1) is 13.0 Å². The van der Waals surface area contributed by atoms with Crippen molar-refractivity contribution >= 4 is 5.97 Å². The molecule has 3 nitrogen and oxygen atoms in total. The maximum Gasteiger partial charge on any atom is 0.307 e. The summed E-state index contributed by atoms with van der Waals surface area (Å²) in [6.45, 7) is 5.25. The first-order valence-corrected chi connectivity index (χ1v) is 8.22. The van der Waals surface area contributed by atoms with E-state index in [-0.39, 0.29) is 12.0 Å². The third kappa shape index (κ3) is 4.85. The summed E-state index contributed by atoms with van der Waals surface area (Å²) in [7, 11) is 0. The summed E-state index contributed by atoms with van der Waals surface area (Å²) in [4.78, 5) is 11.7. The van der Waals surface area contributed by atoms with Crippen LogP contribution in [0.3, 0.4) is 0 Å². The van der Waals surface area contributed by atoms with Crippen molar-refractivity contribution < 1.29 is 9.53 Å². The fraction of sp³-hybridized carbons (Fsp3) is 0.611. The van der Waals surface area contributed by atoms with Crippen molar-refractivity contribution in [3.05, 3.63) is 34.9 Å². The summed E-state index contributed by atoms with van der Waals surface area (Å²) >= 11 is 0. The first kappa shape index (κ1) is 16.0. The number of likely N-dealkylation sites (N-methyl/N-ethyl adjacent to an activating group) is 1. The molecule has 0 fully saturated rings. The molecular weight excluding hydrogens is 262 g/mol. The molecule has 116 valence electrons. The number of rotatable bonds is 7. The fourth-order valence-electron chi connectivity index (χ4n) is 3.12. The van der Waals surface area contributed by atoms with Gasteiger partial charge in [0.25, 0.3) is 0 Å². The van der Waals surface area contributed by atoms with Gasteiger partial charge in [-0.1, -0.05) is 25.1 Å². The number of esters is 1. The maximum atomic E-state index is 11.7. The summed E-state index contributed by atoms with van der Waals surface area (Å²) in [6, 6.07) is 7.00. The normalized spacial score (nSPS) is 15.3. The molecule has 1 aromatic rings. The highest BCUT2D eigenvalue weighted by Crippen LogP contribution is 2.23. The average molecular weight is 289 g/mol. The van der Waals surface area contributed by atoms with E-state index >= 15 is 0 Å². The van der Waals surface area contributed by atoms with Crippen LogP contribution in [0.2, 0.25) is 0 Å². The second kappa shape index (κ2) is 8.18. The van der Waals surface area contributed by atoms with Gasteiger partial charge in [-0.25, -0.2) is 0 Å². The Hall–Kier alpha value is -1.35. The highest BCUT2D eigenvalue weighted by Gasteiger charge is 2.16. The van der Waals surface area contributed by atoms with Gasteiger partial charge >= 0.3 is 5.97 Å². The van der Waals surface area contributed by atoms with Gasteiger partial charge in [0.15, 0.2) is 0 Å². The molecule has 0 saturated carbocycles. The van der Waals surface area contributed by atoms with Crippen LogP contribution >= 0.6 is 0 Å². The molecule has 1 unspecified atom stereocenters. The van der Waals surface area contributed by atoms with E-state index in [4.69, 9.17) is 4.74 Å². The highest BCUT2D eigenvalue weighted by molar-refractivity contribution is 5.70. The van der Waals surface area contributed by atoms with Crippen LogP contribution in [-0.2, 0) is 28.8 Å². The van der Waals surface area contributed by atoms with E-state index in [9.17, 15) is 4.79 Å². The van der Waals surface area contributed by atoms with Gasteiger partial charge in [0, 0.05) is 6.04 Å². The van der Waals surface area contributed by atoms with Crippen LogP contribution < -0.4 is 5.32 Å². The largest absolute Gasteiger partial charge is 0.466 e. The van der Waals surface area contributed by atoms with Crippen LogP contribution in [-0.4, -0.2) is 25.2 Å². The van der Waals surface area contributed by atoms with Crippen molar-refractivity contribution in [1.29, 1.82) is 0 Å². The Balaban J connectivity index is 2.00. The fourth-order valence-corrected chi connectivity index (χ4v) is 3.12. The van der Waals surface area contributed by atoms with E-state index in [1.807, 2.05) is 6.92 Å². The zero-order valence-corrected chi connectivity index (χ0v) is 13.3. The molecular formula is C18H27NO2. The number of carbonyl (C=O) groups excluding carboxylic acids is 1. The number of ether oxygens (including phenoxy) is 1. The van der Waals surface area contributed by atoms with E-state index in [0.29, 0.717) is 13.0 Å². The first-order valence-electron chi connectivity index (χ1n) is 8.22. The number of aryl methyl sites for hydroxylation is 2. The predicted octanol–water partition coefficient (Wildman–Crippen LogP) is 3.04. The zero-order valence-electron chi connectivity index (χ0n) is 13.3. The molecule has 1 aliphatic rings. The van der Waals surface area contributed by atoms with Gasteiger partial charge in [0.1, 0.15) is 0 Å². The molecule has 0 bridgehead atoms. The SMILES string of the molecule is CCNC(CC(=O)OCC)Cc1ccc2c(c1)CCCC2. The average Bonchev–Trinajstić information content (AvgIpc) is 2.47. The molecule has 0 amide bonds. The monoisotopic (exact) mass is 289 g/mol. The summed E-state index contributed by atoms with van der Waals surface area (Å²) < 4.78 is 5.07. The second-order valence-electron chi connectivity index (χ2n) is 5.78. The molecule has 3 heteroatoms. The number of hydrogen-bond acceptors (Lipinski definition) is 3. The van der Waals surface area contributed by atoms with E-state index in [1.165, 1.54) is 42.4 Å². The van der Waals surface area contributed by atoms with Crippen molar-refractivity contribution in [3.8, 4) is 0 Å². The van der Waals surface area contributed by atoms with E-state index in [2.05, 4.69) is 30.4 Å². The molecule has 1 N–H and O–H groups in total.